The van der Waals surface area contributed by atoms with Crippen LogP contribution in [-0.2, 0) is 11.2 Å². The summed E-state index contributed by atoms with van der Waals surface area (Å²) < 4.78 is 0. The minimum absolute atomic E-state index is 0.0142. The predicted molar refractivity (Wildman–Crippen MR) is 66.7 cm³/mol. The van der Waals surface area contributed by atoms with Crippen LogP contribution in [0.5, 0.6) is 0 Å². The van der Waals surface area contributed by atoms with Crippen molar-refractivity contribution in [3.05, 3.63) is 35.4 Å². The summed E-state index contributed by atoms with van der Waals surface area (Å²) in [5, 5.41) is 12.7. The SMILES string of the molecule is Cc1ccccc1CC(=O)NCC1(O)CCC1. The Hall–Kier alpha value is -1.35. The number of aryl methyl sites for hydroxylation is 1. The number of hydrogen-bond acceptors (Lipinski definition) is 2. The summed E-state index contributed by atoms with van der Waals surface area (Å²) in [5.74, 6) is -0.0142. The van der Waals surface area contributed by atoms with Gasteiger partial charge in [0, 0.05) is 6.54 Å². The van der Waals surface area contributed by atoms with Crippen LogP contribution in [0.25, 0.3) is 0 Å². The maximum Gasteiger partial charge on any atom is 0.224 e. The zero-order valence-electron chi connectivity index (χ0n) is 10.2. The van der Waals surface area contributed by atoms with Gasteiger partial charge >= 0.3 is 0 Å². The highest BCUT2D eigenvalue weighted by molar-refractivity contribution is 5.79. The second-order valence-electron chi connectivity index (χ2n) is 4.96. The van der Waals surface area contributed by atoms with Gasteiger partial charge in [-0.25, -0.2) is 0 Å². The summed E-state index contributed by atoms with van der Waals surface area (Å²) in [4.78, 5) is 11.7. The second-order valence-corrected chi connectivity index (χ2v) is 4.96. The van der Waals surface area contributed by atoms with Gasteiger partial charge in [0.05, 0.1) is 12.0 Å². The highest BCUT2D eigenvalue weighted by Crippen LogP contribution is 2.30. The lowest BCUT2D eigenvalue weighted by Gasteiger charge is -2.36. The van der Waals surface area contributed by atoms with Gasteiger partial charge in [0.25, 0.3) is 0 Å². The van der Waals surface area contributed by atoms with Gasteiger partial charge in [-0.2, -0.15) is 0 Å². The molecule has 2 rings (SSSR count). The molecule has 1 aromatic rings. The van der Waals surface area contributed by atoms with Gasteiger partial charge in [-0.3, -0.25) is 4.79 Å². The first-order valence-corrected chi connectivity index (χ1v) is 6.13. The molecular formula is C14H19NO2. The maximum absolute atomic E-state index is 11.7. The Balaban J connectivity index is 1.83. The highest BCUT2D eigenvalue weighted by Gasteiger charge is 2.34. The number of rotatable bonds is 4. The van der Waals surface area contributed by atoms with Gasteiger partial charge in [-0.05, 0) is 37.3 Å². The molecular weight excluding hydrogens is 214 g/mol. The number of amides is 1. The van der Waals surface area contributed by atoms with Crippen molar-refractivity contribution in [2.75, 3.05) is 6.54 Å². The lowest BCUT2D eigenvalue weighted by atomic mass is 9.80. The van der Waals surface area contributed by atoms with E-state index in [4.69, 9.17) is 0 Å². The van der Waals surface area contributed by atoms with E-state index in [1.165, 1.54) is 0 Å². The summed E-state index contributed by atoms with van der Waals surface area (Å²) in [6.45, 7) is 2.39. The molecule has 1 aliphatic rings. The van der Waals surface area contributed by atoms with Crippen LogP contribution in [0.4, 0.5) is 0 Å². The van der Waals surface area contributed by atoms with Crippen LogP contribution in [-0.4, -0.2) is 23.2 Å². The Bertz CT molecular complexity index is 410. The van der Waals surface area contributed by atoms with E-state index in [0.29, 0.717) is 13.0 Å². The number of aliphatic hydroxyl groups is 1. The standard InChI is InChI=1S/C14H19NO2/c1-11-5-2-3-6-12(11)9-13(16)15-10-14(17)7-4-8-14/h2-3,5-6,17H,4,7-10H2,1H3,(H,15,16). The summed E-state index contributed by atoms with van der Waals surface area (Å²) in [6.07, 6.45) is 3.06. The fourth-order valence-electron chi connectivity index (χ4n) is 2.07. The Kier molecular flexibility index (Phi) is 3.48. The van der Waals surface area contributed by atoms with Crippen molar-refractivity contribution < 1.29 is 9.90 Å². The van der Waals surface area contributed by atoms with E-state index in [1.54, 1.807) is 0 Å². The van der Waals surface area contributed by atoms with E-state index in [9.17, 15) is 9.90 Å². The molecule has 1 saturated carbocycles. The maximum atomic E-state index is 11.7. The molecule has 1 fully saturated rings. The summed E-state index contributed by atoms with van der Waals surface area (Å²) in [5.41, 5.74) is 1.54. The molecule has 0 heterocycles. The van der Waals surface area contributed by atoms with Gasteiger partial charge in [0.15, 0.2) is 0 Å². The topological polar surface area (TPSA) is 49.3 Å². The predicted octanol–water partition coefficient (Wildman–Crippen LogP) is 1.57. The van der Waals surface area contributed by atoms with Crippen LogP contribution in [0.1, 0.15) is 30.4 Å². The molecule has 0 radical (unpaired) electrons. The van der Waals surface area contributed by atoms with Crippen molar-refractivity contribution in [3.8, 4) is 0 Å². The largest absolute Gasteiger partial charge is 0.388 e. The number of hydrogen-bond donors (Lipinski definition) is 2. The van der Waals surface area contributed by atoms with Crippen molar-refractivity contribution >= 4 is 5.91 Å². The zero-order valence-corrected chi connectivity index (χ0v) is 10.2. The van der Waals surface area contributed by atoms with Gasteiger partial charge in [-0.1, -0.05) is 24.3 Å². The van der Waals surface area contributed by atoms with Crippen LogP contribution in [0, 0.1) is 6.92 Å². The van der Waals surface area contributed by atoms with E-state index in [-0.39, 0.29) is 5.91 Å². The third-order valence-corrected chi connectivity index (χ3v) is 3.51. The molecule has 0 saturated heterocycles. The van der Waals surface area contributed by atoms with Gasteiger partial charge in [0.1, 0.15) is 0 Å². The quantitative estimate of drug-likeness (QED) is 0.829. The second kappa shape index (κ2) is 4.88. The van der Waals surface area contributed by atoms with Crippen molar-refractivity contribution in [1.29, 1.82) is 0 Å². The lowest BCUT2D eigenvalue weighted by Crippen LogP contribution is -2.48. The fraction of sp³-hybridized carbons (Fsp3) is 0.500. The average Bonchev–Trinajstić information content (AvgIpc) is 2.27. The van der Waals surface area contributed by atoms with Crippen LogP contribution >= 0.6 is 0 Å². The molecule has 3 heteroatoms. The van der Waals surface area contributed by atoms with Gasteiger partial charge in [0.2, 0.25) is 5.91 Å². The van der Waals surface area contributed by atoms with Crippen molar-refractivity contribution in [3.63, 3.8) is 0 Å². The summed E-state index contributed by atoms with van der Waals surface area (Å²) in [6, 6.07) is 7.87. The lowest BCUT2D eigenvalue weighted by molar-refractivity contribution is -0.122. The van der Waals surface area contributed by atoms with Crippen LogP contribution in [0.15, 0.2) is 24.3 Å². The molecule has 3 nitrogen and oxygen atoms in total. The summed E-state index contributed by atoms with van der Waals surface area (Å²) in [7, 11) is 0. The van der Waals surface area contributed by atoms with Gasteiger partial charge in [-0.15, -0.1) is 0 Å². The van der Waals surface area contributed by atoms with Crippen LogP contribution in [0.2, 0.25) is 0 Å². The number of carbonyl (C=O) groups is 1. The Labute approximate surface area is 102 Å². The molecule has 0 aliphatic heterocycles. The first kappa shape index (κ1) is 12.1. The molecule has 0 unspecified atom stereocenters. The molecule has 0 atom stereocenters. The first-order chi connectivity index (χ1) is 8.09. The highest BCUT2D eigenvalue weighted by atomic mass is 16.3. The van der Waals surface area contributed by atoms with Crippen LogP contribution in [0.3, 0.4) is 0 Å². The fourth-order valence-corrected chi connectivity index (χ4v) is 2.07. The third kappa shape index (κ3) is 3.07. The molecule has 0 spiro atoms. The smallest absolute Gasteiger partial charge is 0.224 e. The molecule has 1 aliphatic carbocycles. The first-order valence-electron chi connectivity index (χ1n) is 6.13. The van der Waals surface area contributed by atoms with E-state index in [1.807, 2.05) is 31.2 Å². The van der Waals surface area contributed by atoms with E-state index in [2.05, 4.69) is 5.32 Å². The monoisotopic (exact) mass is 233 g/mol. The molecule has 2 N–H and O–H groups in total. The van der Waals surface area contributed by atoms with E-state index >= 15 is 0 Å². The molecule has 17 heavy (non-hydrogen) atoms. The number of benzene rings is 1. The number of carbonyl (C=O) groups excluding carboxylic acids is 1. The Morgan fingerprint density at radius 2 is 2.12 bits per heavy atom. The van der Waals surface area contributed by atoms with Crippen LogP contribution < -0.4 is 5.32 Å². The molecule has 1 aromatic carbocycles. The zero-order chi connectivity index (χ0) is 12.3. The number of nitrogens with one attached hydrogen (secondary N) is 1. The van der Waals surface area contributed by atoms with Crippen molar-refractivity contribution in [2.45, 2.75) is 38.2 Å². The molecule has 0 aromatic heterocycles. The normalized spacial score (nSPS) is 17.3. The van der Waals surface area contributed by atoms with Gasteiger partial charge < -0.3 is 10.4 Å². The van der Waals surface area contributed by atoms with Crippen molar-refractivity contribution in [2.24, 2.45) is 0 Å². The Morgan fingerprint density at radius 1 is 1.41 bits per heavy atom. The molecule has 0 bridgehead atoms. The third-order valence-electron chi connectivity index (χ3n) is 3.51. The summed E-state index contributed by atoms with van der Waals surface area (Å²) >= 11 is 0. The van der Waals surface area contributed by atoms with Crippen molar-refractivity contribution in [1.82, 2.24) is 5.32 Å². The molecule has 92 valence electrons. The average molecular weight is 233 g/mol. The molecule has 1 amide bonds. The Morgan fingerprint density at radius 3 is 2.71 bits per heavy atom. The van der Waals surface area contributed by atoms with E-state index in [0.717, 1.165) is 30.4 Å². The minimum Gasteiger partial charge on any atom is -0.388 e. The van der Waals surface area contributed by atoms with E-state index < -0.39 is 5.60 Å². The minimum atomic E-state index is -0.638.